The smallest absolute Gasteiger partial charge is 0.387 e. The lowest BCUT2D eigenvalue weighted by atomic mass is 9.94. The first-order valence-corrected chi connectivity index (χ1v) is 6.84. The average molecular weight is 283 g/mol. The molecule has 0 spiro atoms. The van der Waals surface area contributed by atoms with Crippen molar-refractivity contribution in [2.75, 3.05) is 0 Å². The standard InChI is InChI=1S/C15H16F3NO/c16-15(17,18)12-8-7-11-6-3-9-19(11)13(12)14(20)10-4-1-2-5-10/h3,6-10,14,20H,1-2,4-5H2. The maximum atomic E-state index is 13.2. The van der Waals surface area contributed by atoms with Gasteiger partial charge in [-0.3, -0.25) is 0 Å². The number of alkyl halides is 3. The second-order valence-electron chi connectivity index (χ2n) is 5.42. The molecule has 20 heavy (non-hydrogen) atoms. The van der Waals surface area contributed by atoms with Gasteiger partial charge < -0.3 is 9.51 Å². The molecule has 3 rings (SSSR count). The minimum atomic E-state index is -4.45. The molecule has 2 nitrogen and oxygen atoms in total. The highest BCUT2D eigenvalue weighted by Crippen LogP contribution is 2.41. The zero-order valence-corrected chi connectivity index (χ0v) is 10.9. The molecule has 0 bridgehead atoms. The molecule has 1 aliphatic rings. The number of rotatable bonds is 2. The molecule has 2 aromatic heterocycles. The van der Waals surface area contributed by atoms with Crippen molar-refractivity contribution >= 4 is 5.52 Å². The van der Waals surface area contributed by atoms with Crippen LogP contribution in [0.4, 0.5) is 13.2 Å². The Morgan fingerprint density at radius 2 is 1.85 bits per heavy atom. The number of halogens is 3. The van der Waals surface area contributed by atoms with Crippen molar-refractivity contribution < 1.29 is 18.3 Å². The number of fused-ring (bicyclic) bond motifs is 1. The van der Waals surface area contributed by atoms with E-state index in [-0.39, 0.29) is 11.6 Å². The van der Waals surface area contributed by atoms with Crippen LogP contribution in [0.2, 0.25) is 0 Å². The second kappa shape index (κ2) is 4.81. The molecule has 1 unspecified atom stereocenters. The molecule has 5 heteroatoms. The fraction of sp³-hybridized carbons (Fsp3) is 0.467. The Bertz CT molecular complexity index is 611. The van der Waals surface area contributed by atoms with Gasteiger partial charge in [0.15, 0.2) is 0 Å². The van der Waals surface area contributed by atoms with Gasteiger partial charge in [-0.2, -0.15) is 13.2 Å². The quantitative estimate of drug-likeness (QED) is 0.878. The third-order valence-electron chi connectivity index (χ3n) is 4.17. The Kier molecular flexibility index (Phi) is 3.24. The van der Waals surface area contributed by atoms with Gasteiger partial charge in [-0.15, -0.1) is 0 Å². The lowest BCUT2D eigenvalue weighted by Gasteiger charge is -2.23. The summed E-state index contributed by atoms with van der Waals surface area (Å²) in [6.45, 7) is 0. The van der Waals surface area contributed by atoms with Crippen molar-refractivity contribution in [2.45, 2.75) is 38.0 Å². The largest absolute Gasteiger partial charge is 0.418 e. The van der Waals surface area contributed by atoms with Crippen LogP contribution in [0.3, 0.4) is 0 Å². The Morgan fingerprint density at radius 3 is 2.50 bits per heavy atom. The van der Waals surface area contributed by atoms with Crippen LogP contribution in [0.1, 0.15) is 43.0 Å². The maximum Gasteiger partial charge on any atom is 0.418 e. The molecule has 0 saturated heterocycles. The molecule has 0 aromatic carbocycles. The molecule has 2 aromatic rings. The van der Waals surface area contributed by atoms with Crippen LogP contribution in [0.5, 0.6) is 0 Å². The fourth-order valence-electron chi connectivity index (χ4n) is 3.17. The molecule has 1 aliphatic carbocycles. The highest BCUT2D eigenvalue weighted by atomic mass is 19.4. The summed E-state index contributed by atoms with van der Waals surface area (Å²) >= 11 is 0. The van der Waals surface area contributed by atoms with Crippen LogP contribution in [-0.4, -0.2) is 9.51 Å². The van der Waals surface area contributed by atoms with Crippen LogP contribution in [0, 0.1) is 5.92 Å². The number of aliphatic hydroxyl groups is 1. The van der Waals surface area contributed by atoms with Gasteiger partial charge in [0.2, 0.25) is 0 Å². The average Bonchev–Trinajstić information content (AvgIpc) is 3.06. The van der Waals surface area contributed by atoms with E-state index in [1.54, 1.807) is 18.3 Å². The summed E-state index contributed by atoms with van der Waals surface area (Å²) in [6, 6.07) is 5.95. The summed E-state index contributed by atoms with van der Waals surface area (Å²) in [5.41, 5.74) is -0.0856. The van der Waals surface area contributed by atoms with E-state index in [2.05, 4.69) is 0 Å². The molecule has 0 aliphatic heterocycles. The van der Waals surface area contributed by atoms with Crippen LogP contribution in [0.25, 0.3) is 5.52 Å². The summed E-state index contributed by atoms with van der Waals surface area (Å²) in [6.07, 6.45) is -0.405. The van der Waals surface area contributed by atoms with Gasteiger partial charge in [0.25, 0.3) is 0 Å². The van der Waals surface area contributed by atoms with Gasteiger partial charge in [-0.05, 0) is 43.0 Å². The van der Waals surface area contributed by atoms with Gasteiger partial charge >= 0.3 is 6.18 Å². The van der Waals surface area contributed by atoms with Gasteiger partial charge in [0.05, 0.1) is 17.4 Å². The van der Waals surface area contributed by atoms with Crippen molar-refractivity contribution in [1.29, 1.82) is 0 Å². The second-order valence-corrected chi connectivity index (χ2v) is 5.42. The number of hydrogen-bond donors (Lipinski definition) is 1. The minimum Gasteiger partial charge on any atom is -0.387 e. The van der Waals surface area contributed by atoms with Crippen LogP contribution < -0.4 is 0 Å². The van der Waals surface area contributed by atoms with Gasteiger partial charge in [0, 0.05) is 11.7 Å². The summed E-state index contributed by atoms with van der Waals surface area (Å²) in [7, 11) is 0. The Labute approximate surface area is 114 Å². The van der Waals surface area contributed by atoms with Gasteiger partial charge in [-0.1, -0.05) is 12.8 Å². The first kappa shape index (κ1) is 13.5. The van der Waals surface area contributed by atoms with E-state index < -0.39 is 17.8 Å². The van der Waals surface area contributed by atoms with E-state index in [1.807, 2.05) is 0 Å². The monoisotopic (exact) mass is 283 g/mol. The highest BCUT2D eigenvalue weighted by Gasteiger charge is 2.38. The topological polar surface area (TPSA) is 24.6 Å². The van der Waals surface area contributed by atoms with E-state index in [9.17, 15) is 18.3 Å². The Hall–Kier alpha value is -1.49. The molecule has 108 valence electrons. The van der Waals surface area contributed by atoms with Crippen molar-refractivity contribution in [3.8, 4) is 0 Å². The molecule has 1 atom stereocenters. The fourth-order valence-corrected chi connectivity index (χ4v) is 3.17. The number of pyridine rings is 1. The van der Waals surface area contributed by atoms with E-state index >= 15 is 0 Å². The molecular weight excluding hydrogens is 267 g/mol. The number of nitrogens with zero attached hydrogens (tertiary/aromatic N) is 1. The summed E-state index contributed by atoms with van der Waals surface area (Å²) in [5, 5.41) is 10.5. The molecule has 2 heterocycles. The lowest BCUT2D eigenvalue weighted by molar-refractivity contribution is -0.140. The third-order valence-corrected chi connectivity index (χ3v) is 4.17. The van der Waals surface area contributed by atoms with Crippen molar-refractivity contribution in [3.63, 3.8) is 0 Å². The molecule has 1 saturated carbocycles. The Morgan fingerprint density at radius 1 is 1.15 bits per heavy atom. The summed E-state index contributed by atoms with van der Waals surface area (Å²) in [5.74, 6) is -0.0795. The van der Waals surface area contributed by atoms with Crippen molar-refractivity contribution in [2.24, 2.45) is 5.92 Å². The highest BCUT2D eigenvalue weighted by molar-refractivity contribution is 5.51. The number of hydrogen-bond acceptors (Lipinski definition) is 1. The molecule has 1 N–H and O–H groups in total. The van der Waals surface area contributed by atoms with Crippen LogP contribution >= 0.6 is 0 Å². The minimum absolute atomic E-state index is 0.0214. The van der Waals surface area contributed by atoms with Crippen LogP contribution in [0.15, 0.2) is 30.5 Å². The molecular formula is C15H16F3NO. The van der Waals surface area contributed by atoms with Crippen molar-refractivity contribution in [3.05, 3.63) is 41.7 Å². The first-order valence-electron chi connectivity index (χ1n) is 6.84. The van der Waals surface area contributed by atoms with E-state index in [1.165, 1.54) is 10.5 Å². The number of aromatic nitrogens is 1. The van der Waals surface area contributed by atoms with Gasteiger partial charge in [-0.25, -0.2) is 0 Å². The van der Waals surface area contributed by atoms with E-state index in [0.29, 0.717) is 5.52 Å². The normalized spacial score (nSPS) is 18.8. The zero-order valence-electron chi connectivity index (χ0n) is 10.9. The SMILES string of the molecule is OC(c1c(C(F)(F)F)ccc2cccn12)C1CCCC1. The third kappa shape index (κ3) is 2.20. The number of aliphatic hydroxyl groups excluding tert-OH is 1. The van der Waals surface area contributed by atoms with E-state index in [0.717, 1.165) is 31.7 Å². The first-order chi connectivity index (χ1) is 9.48. The Balaban J connectivity index is 2.16. The molecule has 1 fully saturated rings. The molecule has 0 amide bonds. The van der Waals surface area contributed by atoms with Gasteiger partial charge in [0.1, 0.15) is 0 Å². The predicted molar refractivity (Wildman–Crippen MR) is 69.3 cm³/mol. The summed E-state index contributed by atoms with van der Waals surface area (Å²) in [4.78, 5) is 0. The van der Waals surface area contributed by atoms with Crippen LogP contribution in [-0.2, 0) is 6.18 Å². The predicted octanol–water partition coefficient (Wildman–Crippen LogP) is 4.18. The maximum absolute atomic E-state index is 13.2. The molecule has 0 radical (unpaired) electrons. The van der Waals surface area contributed by atoms with Crippen molar-refractivity contribution in [1.82, 2.24) is 4.40 Å². The lowest BCUT2D eigenvalue weighted by Crippen LogP contribution is -2.19. The van der Waals surface area contributed by atoms with E-state index in [4.69, 9.17) is 0 Å². The summed E-state index contributed by atoms with van der Waals surface area (Å²) < 4.78 is 41.1. The zero-order chi connectivity index (χ0) is 14.3.